The first-order valence-corrected chi connectivity index (χ1v) is 11.0. The molecule has 33 heavy (non-hydrogen) atoms. The first-order chi connectivity index (χ1) is 15.7. The van der Waals surface area contributed by atoms with Gasteiger partial charge in [-0.25, -0.2) is 9.59 Å². The predicted molar refractivity (Wildman–Crippen MR) is 125 cm³/mol. The number of hydrogen-bond acceptors (Lipinski definition) is 5. The van der Waals surface area contributed by atoms with Crippen molar-refractivity contribution in [3.8, 4) is 0 Å². The van der Waals surface area contributed by atoms with Crippen molar-refractivity contribution < 1.29 is 29.7 Å². The molecule has 8 heteroatoms. The van der Waals surface area contributed by atoms with Crippen molar-refractivity contribution >= 4 is 23.5 Å². The molecule has 3 rings (SSSR count). The summed E-state index contributed by atoms with van der Waals surface area (Å²) in [5, 5.41) is 25.8. The molecule has 3 N–H and O–H groups in total. The number of likely N-dealkylation sites (tertiary alicyclic amines) is 1. The van der Waals surface area contributed by atoms with E-state index in [1.807, 2.05) is 72.5 Å². The minimum Gasteiger partial charge on any atom is -0.473 e. The van der Waals surface area contributed by atoms with Gasteiger partial charge >= 0.3 is 11.9 Å². The third-order valence-electron chi connectivity index (χ3n) is 5.75. The molecule has 0 spiro atoms. The number of para-hydroxylation sites is 1. The molecular weight excluding hydrogens is 424 g/mol. The Morgan fingerprint density at radius 1 is 0.939 bits per heavy atom. The Hall–Kier alpha value is -3.23. The van der Waals surface area contributed by atoms with Crippen LogP contribution in [0.2, 0.25) is 0 Å². The highest BCUT2D eigenvalue weighted by molar-refractivity contribution is 6.27. The monoisotopic (exact) mass is 456 g/mol. The van der Waals surface area contributed by atoms with Gasteiger partial charge in [-0.2, -0.15) is 0 Å². The number of carbonyl (C=O) groups is 3. The number of nitrogens with zero attached hydrogens (tertiary/aromatic N) is 2. The standard InChI is InChI=1S/C23H30N2O2.C2H2O4/c1-3-22(26)25(21-12-8-5-9-13-21)19(2)18-24-16-14-23(27,15-17-24)20-10-6-4-7-11-20;3-1(4)2(5)6/h4-13,19,27H,3,14-18H2,1-2H3;(H,3,4)(H,5,6). The first kappa shape index (κ1) is 26.0. The van der Waals surface area contributed by atoms with Crippen molar-refractivity contribution in [1.82, 2.24) is 4.90 Å². The van der Waals surface area contributed by atoms with Crippen LogP contribution >= 0.6 is 0 Å². The predicted octanol–water partition coefficient (Wildman–Crippen LogP) is 2.96. The highest BCUT2D eigenvalue weighted by Crippen LogP contribution is 2.33. The van der Waals surface area contributed by atoms with Crippen molar-refractivity contribution in [3.05, 3.63) is 66.2 Å². The average Bonchev–Trinajstić information content (AvgIpc) is 2.82. The van der Waals surface area contributed by atoms with Crippen molar-refractivity contribution in [2.45, 2.75) is 44.8 Å². The molecule has 1 heterocycles. The van der Waals surface area contributed by atoms with E-state index >= 15 is 0 Å². The Morgan fingerprint density at radius 2 is 1.42 bits per heavy atom. The number of aliphatic hydroxyl groups is 1. The number of amides is 1. The zero-order chi connectivity index (χ0) is 24.4. The molecule has 1 aliphatic heterocycles. The van der Waals surface area contributed by atoms with Crippen LogP contribution in [0.1, 0.15) is 38.7 Å². The van der Waals surface area contributed by atoms with Crippen LogP contribution in [0.15, 0.2) is 60.7 Å². The second kappa shape index (κ2) is 12.1. The van der Waals surface area contributed by atoms with Gasteiger partial charge in [-0.05, 0) is 37.5 Å². The maximum Gasteiger partial charge on any atom is 0.414 e. The molecule has 1 saturated heterocycles. The molecule has 0 aliphatic carbocycles. The van der Waals surface area contributed by atoms with E-state index in [0.717, 1.165) is 43.7 Å². The lowest BCUT2D eigenvalue weighted by molar-refractivity contribution is -0.159. The van der Waals surface area contributed by atoms with Gasteiger partial charge in [0.25, 0.3) is 0 Å². The molecule has 1 atom stereocenters. The summed E-state index contributed by atoms with van der Waals surface area (Å²) in [6.07, 6.45) is 1.93. The minimum absolute atomic E-state index is 0.0859. The quantitative estimate of drug-likeness (QED) is 0.572. The second-order valence-corrected chi connectivity index (χ2v) is 8.11. The Balaban J connectivity index is 0.000000569. The summed E-state index contributed by atoms with van der Waals surface area (Å²) in [5.74, 6) is -3.50. The minimum atomic E-state index is -1.82. The first-order valence-electron chi connectivity index (χ1n) is 11.0. The van der Waals surface area contributed by atoms with Gasteiger partial charge in [-0.15, -0.1) is 0 Å². The van der Waals surface area contributed by atoms with E-state index in [1.165, 1.54) is 0 Å². The normalized spacial score (nSPS) is 16.1. The number of rotatable bonds is 6. The van der Waals surface area contributed by atoms with Crippen LogP contribution in [-0.2, 0) is 20.0 Å². The number of carboxylic acids is 2. The molecule has 0 aromatic heterocycles. The molecule has 0 radical (unpaired) electrons. The lowest BCUT2D eigenvalue weighted by Gasteiger charge is -2.41. The molecule has 0 saturated carbocycles. The Labute approximate surface area is 194 Å². The average molecular weight is 457 g/mol. The van der Waals surface area contributed by atoms with Crippen LogP contribution < -0.4 is 4.90 Å². The zero-order valence-electron chi connectivity index (χ0n) is 19.1. The SMILES string of the molecule is CCC(=O)N(c1ccccc1)C(C)CN1CCC(O)(c2ccccc2)CC1.O=C(O)C(=O)O. The molecule has 1 amide bonds. The maximum absolute atomic E-state index is 12.6. The topological polar surface area (TPSA) is 118 Å². The van der Waals surface area contributed by atoms with Gasteiger partial charge in [0.05, 0.1) is 5.60 Å². The van der Waals surface area contributed by atoms with Gasteiger partial charge in [0.15, 0.2) is 0 Å². The van der Waals surface area contributed by atoms with Crippen LogP contribution in [0, 0.1) is 0 Å². The Bertz CT molecular complexity index is 899. The number of hydrogen-bond donors (Lipinski definition) is 3. The number of carbonyl (C=O) groups excluding carboxylic acids is 1. The fraction of sp³-hybridized carbons (Fsp3) is 0.400. The van der Waals surface area contributed by atoms with Gasteiger partial charge < -0.3 is 25.1 Å². The molecule has 1 fully saturated rings. The van der Waals surface area contributed by atoms with Crippen LogP contribution in [0.25, 0.3) is 0 Å². The Kier molecular flexibility index (Phi) is 9.57. The van der Waals surface area contributed by atoms with Gasteiger partial charge in [0.2, 0.25) is 5.91 Å². The van der Waals surface area contributed by atoms with Crippen LogP contribution in [0.4, 0.5) is 5.69 Å². The van der Waals surface area contributed by atoms with E-state index in [0.29, 0.717) is 6.42 Å². The van der Waals surface area contributed by atoms with E-state index < -0.39 is 17.5 Å². The van der Waals surface area contributed by atoms with Gasteiger partial charge in [-0.3, -0.25) is 4.79 Å². The van der Waals surface area contributed by atoms with Crippen LogP contribution in [0.5, 0.6) is 0 Å². The smallest absolute Gasteiger partial charge is 0.414 e. The summed E-state index contributed by atoms with van der Waals surface area (Å²) >= 11 is 0. The molecule has 0 bridgehead atoms. The summed E-state index contributed by atoms with van der Waals surface area (Å²) < 4.78 is 0. The van der Waals surface area contributed by atoms with Crippen LogP contribution in [0.3, 0.4) is 0 Å². The summed E-state index contributed by atoms with van der Waals surface area (Å²) in [5.41, 5.74) is 1.22. The van der Waals surface area contributed by atoms with E-state index in [2.05, 4.69) is 11.8 Å². The number of anilines is 1. The Morgan fingerprint density at radius 3 is 1.88 bits per heavy atom. The molecule has 8 nitrogen and oxygen atoms in total. The van der Waals surface area contributed by atoms with Crippen molar-refractivity contribution in [2.24, 2.45) is 0 Å². The highest BCUT2D eigenvalue weighted by Gasteiger charge is 2.34. The number of benzene rings is 2. The van der Waals surface area contributed by atoms with Gasteiger partial charge in [0, 0.05) is 37.8 Å². The summed E-state index contributed by atoms with van der Waals surface area (Å²) in [7, 11) is 0. The van der Waals surface area contributed by atoms with Gasteiger partial charge in [0.1, 0.15) is 0 Å². The van der Waals surface area contributed by atoms with Crippen molar-refractivity contribution in [2.75, 3.05) is 24.5 Å². The van der Waals surface area contributed by atoms with E-state index in [-0.39, 0.29) is 11.9 Å². The maximum atomic E-state index is 12.6. The summed E-state index contributed by atoms with van der Waals surface area (Å²) in [4.78, 5) is 35.0. The van der Waals surface area contributed by atoms with E-state index in [1.54, 1.807) is 0 Å². The van der Waals surface area contributed by atoms with Crippen LogP contribution in [-0.4, -0.2) is 63.7 Å². The molecule has 1 unspecified atom stereocenters. The molecule has 2 aromatic carbocycles. The lowest BCUT2D eigenvalue weighted by Crippen LogP contribution is -2.49. The van der Waals surface area contributed by atoms with Crippen molar-refractivity contribution in [3.63, 3.8) is 0 Å². The van der Waals surface area contributed by atoms with E-state index in [9.17, 15) is 9.90 Å². The fourth-order valence-electron chi connectivity index (χ4n) is 4.00. The zero-order valence-corrected chi connectivity index (χ0v) is 19.1. The second-order valence-electron chi connectivity index (χ2n) is 8.11. The number of aliphatic carboxylic acids is 2. The molecule has 178 valence electrons. The molecule has 2 aromatic rings. The van der Waals surface area contributed by atoms with Crippen molar-refractivity contribution in [1.29, 1.82) is 0 Å². The molecule has 1 aliphatic rings. The fourth-order valence-corrected chi connectivity index (χ4v) is 4.00. The third-order valence-corrected chi connectivity index (χ3v) is 5.75. The summed E-state index contributed by atoms with van der Waals surface area (Å²) in [6, 6.07) is 19.9. The number of carboxylic acid groups (broad SMARTS) is 2. The highest BCUT2D eigenvalue weighted by atomic mass is 16.4. The lowest BCUT2D eigenvalue weighted by atomic mass is 9.84. The molecular formula is C25H32N2O6. The van der Waals surface area contributed by atoms with E-state index in [4.69, 9.17) is 19.8 Å². The largest absolute Gasteiger partial charge is 0.473 e. The number of piperidine rings is 1. The summed E-state index contributed by atoms with van der Waals surface area (Å²) in [6.45, 7) is 6.49. The van der Waals surface area contributed by atoms with Gasteiger partial charge in [-0.1, -0.05) is 55.5 Å². The third kappa shape index (κ3) is 7.40.